The molecule has 2 N–H and O–H groups in total. The van der Waals surface area contributed by atoms with Crippen molar-refractivity contribution in [2.45, 2.75) is 26.7 Å². The zero-order valence-electron chi connectivity index (χ0n) is 12.4. The average molecular weight is 382 g/mol. The minimum atomic E-state index is -0.0194. The van der Waals surface area contributed by atoms with Crippen LogP contribution in [0.5, 0.6) is 0 Å². The van der Waals surface area contributed by atoms with Crippen LogP contribution in [-0.2, 0) is 4.79 Å². The van der Waals surface area contributed by atoms with E-state index in [1.54, 1.807) is 14.1 Å². The lowest BCUT2D eigenvalue weighted by Gasteiger charge is -2.21. The summed E-state index contributed by atoms with van der Waals surface area (Å²) in [5.41, 5.74) is 0. The van der Waals surface area contributed by atoms with Crippen molar-refractivity contribution >= 4 is 35.8 Å². The Morgan fingerprint density at radius 2 is 2.16 bits per heavy atom. The van der Waals surface area contributed by atoms with E-state index < -0.39 is 0 Å². The summed E-state index contributed by atoms with van der Waals surface area (Å²) in [7, 11) is 3.41. The number of rotatable bonds is 4. The fraction of sp³-hybridized carbons (Fsp3) is 0.846. The highest BCUT2D eigenvalue weighted by Gasteiger charge is 2.25. The molecule has 0 bridgehead atoms. The Morgan fingerprint density at radius 1 is 1.47 bits per heavy atom. The van der Waals surface area contributed by atoms with Crippen LogP contribution in [0.15, 0.2) is 4.99 Å². The maximum absolute atomic E-state index is 11.2. The molecule has 0 saturated carbocycles. The van der Waals surface area contributed by atoms with Gasteiger partial charge in [-0.3, -0.25) is 9.79 Å². The van der Waals surface area contributed by atoms with Crippen molar-refractivity contribution in [1.82, 2.24) is 15.5 Å². The molecule has 1 heterocycles. The van der Waals surface area contributed by atoms with Crippen molar-refractivity contribution < 1.29 is 4.79 Å². The summed E-state index contributed by atoms with van der Waals surface area (Å²) >= 11 is 0. The van der Waals surface area contributed by atoms with E-state index in [0.29, 0.717) is 0 Å². The summed E-state index contributed by atoms with van der Waals surface area (Å²) < 4.78 is 0. The zero-order chi connectivity index (χ0) is 13.5. The summed E-state index contributed by atoms with van der Waals surface area (Å²) in [6, 6.07) is 0. The number of carbonyl (C=O) groups is 1. The summed E-state index contributed by atoms with van der Waals surface area (Å²) in [6.07, 6.45) is 2.49. The Kier molecular flexibility index (Phi) is 9.12. The highest BCUT2D eigenvalue weighted by molar-refractivity contribution is 14.0. The summed E-state index contributed by atoms with van der Waals surface area (Å²) in [5, 5.41) is 5.69. The molecule has 1 aliphatic heterocycles. The zero-order valence-corrected chi connectivity index (χ0v) is 14.7. The van der Waals surface area contributed by atoms with Gasteiger partial charge in [0.25, 0.3) is 0 Å². The van der Waals surface area contributed by atoms with Gasteiger partial charge in [0.15, 0.2) is 5.96 Å². The van der Waals surface area contributed by atoms with Gasteiger partial charge in [0.2, 0.25) is 5.91 Å². The van der Waals surface area contributed by atoms with Crippen molar-refractivity contribution in [2.75, 3.05) is 33.7 Å². The summed E-state index contributed by atoms with van der Waals surface area (Å²) in [5.74, 6) is 2.32. The number of carbonyl (C=O) groups excluding carboxylic acids is 1. The summed E-state index contributed by atoms with van der Waals surface area (Å²) in [6.45, 7) is 6.90. The highest BCUT2D eigenvalue weighted by atomic mass is 127. The molecule has 1 atom stereocenters. The van der Waals surface area contributed by atoms with E-state index in [2.05, 4.69) is 34.4 Å². The molecule has 112 valence electrons. The van der Waals surface area contributed by atoms with E-state index >= 15 is 0 Å². The topological polar surface area (TPSA) is 56.7 Å². The molecule has 0 radical (unpaired) electrons. The molecule has 1 rings (SSSR count). The number of likely N-dealkylation sites (tertiary alicyclic amines) is 1. The fourth-order valence-corrected chi connectivity index (χ4v) is 2.46. The third-order valence-electron chi connectivity index (χ3n) is 3.29. The first kappa shape index (κ1) is 18.5. The predicted octanol–water partition coefficient (Wildman–Crippen LogP) is 1.29. The number of halogens is 1. The van der Waals surface area contributed by atoms with Gasteiger partial charge in [-0.05, 0) is 24.7 Å². The first-order chi connectivity index (χ1) is 8.56. The monoisotopic (exact) mass is 382 g/mol. The minimum Gasteiger partial charge on any atom is -0.358 e. The average Bonchev–Trinajstić information content (AvgIpc) is 2.77. The molecule has 0 aliphatic carbocycles. The molecule has 0 aromatic heterocycles. The molecule has 0 spiro atoms. The number of hydrogen-bond donors (Lipinski definition) is 2. The molecular weight excluding hydrogens is 355 g/mol. The third kappa shape index (κ3) is 6.44. The lowest BCUT2D eigenvalue weighted by atomic mass is 9.97. The van der Waals surface area contributed by atoms with Crippen molar-refractivity contribution in [2.24, 2.45) is 16.8 Å². The van der Waals surface area contributed by atoms with Gasteiger partial charge in [-0.2, -0.15) is 0 Å². The van der Waals surface area contributed by atoms with Crippen molar-refractivity contribution in [3.05, 3.63) is 0 Å². The molecule has 5 nitrogen and oxygen atoms in total. The van der Waals surface area contributed by atoms with Crippen LogP contribution in [0, 0.1) is 11.8 Å². The lowest BCUT2D eigenvalue weighted by molar-refractivity contribution is -0.119. The number of nitrogens with one attached hydrogen (secondary N) is 2. The van der Waals surface area contributed by atoms with Gasteiger partial charge in [0.05, 0.1) is 6.54 Å². The van der Waals surface area contributed by atoms with Crippen LogP contribution in [0.4, 0.5) is 0 Å². The Balaban J connectivity index is 0.00000324. The number of likely N-dealkylation sites (N-methyl/N-ethyl adjacent to an activating group) is 1. The SMILES string of the molecule is CN=C(NCC(=O)NC)N1CCC(CC(C)C)C1.I. The Hall–Kier alpha value is -0.530. The van der Waals surface area contributed by atoms with Crippen molar-refractivity contribution in [1.29, 1.82) is 0 Å². The molecule has 0 aromatic carbocycles. The smallest absolute Gasteiger partial charge is 0.239 e. The Labute approximate surface area is 133 Å². The van der Waals surface area contributed by atoms with Gasteiger partial charge in [-0.25, -0.2) is 0 Å². The van der Waals surface area contributed by atoms with Crippen LogP contribution in [0.25, 0.3) is 0 Å². The van der Waals surface area contributed by atoms with Crippen LogP contribution in [0.3, 0.4) is 0 Å². The minimum absolute atomic E-state index is 0. The van der Waals surface area contributed by atoms with E-state index in [1.165, 1.54) is 12.8 Å². The molecular formula is C13H27IN4O. The third-order valence-corrected chi connectivity index (χ3v) is 3.29. The summed E-state index contributed by atoms with van der Waals surface area (Å²) in [4.78, 5) is 17.7. The molecule has 6 heteroatoms. The van der Waals surface area contributed by atoms with Gasteiger partial charge in [-0.15, -0.1) is 24.0 Å². The number of hydrogen-bond acceptors (Lipinski definition) is 2. The lowest BCUT2D eigenvalue weighted by Crippen LogP contribution is -2.44. The number of nitrogens with zero attached hydrogens (tertiary/aromatic N) is 2. The first-order valence-corrected chi connectivity index (χ1v) is 6.73. The van der Waals surface area contributed by atoms with Gasteiger partial charge in [-0.1, -0.05) is 13.8 Å². The molecule has 1 unspecified atom stereocenters. The Morgan fingerprint density at radius 3 is 2.68 bits per heavy atom. The van der Waals surface area contributed by atoms with Crippen LogP contribution < -0.4 is 10.6 Å². The molecule has 0 aromatic rings. The van der Waals surface area contributed by atoms with Gasteiger partial charge in [0.1, 0.15) is 0 Å². The largest absolute Gasteiger partial charge is 0.358 e. The highest BCUT2D eigenvalue weighted by Crippen LogP contribution is 2.23. The van der Waals surface area contributed by atoms with Crippen LogP contribution in [0.2, 0.25) is 0 Å². The molecule has 1 amide bonds. The second kappa shape index (κ2) is 9.39. The second-order valence-corrected chi connectivity index (χ2v) is 5.30. The van der Waals surface area contributed by atoms with Crippen LogP contribution in [0.1, 0.15) is 26.7 Å². The number of amides is 1. The van der Waals surface area contributed by atoms with Crippen LogP contribution >= 0.6 is 24.0 Å². The van der Waals surface area contributed by atoms with Gasteiger partial charge >= 0.3 is 0 Å². The van der Waals surface area contributed by atoms with E-state index in [0.717, 1.165) is 30.9 Å². The predicted molar refractivity (Wildman–Crippen MR) is 90.0 cm³/mol. The number of aliphatic imine (C=N–C) groups is 1. The molecule has 19 heavy (non-hydrogen) atoms. The standard InChI is InChI=1S/C13H26N4O.HI/c1-10(2)7-11-5-6-17(9-11)13(15-4)16-8-12(18)14-3;/h10-11H,5-9H2,1-4H3,(H,14,18)(H,15,16);1H. The number of guanidine groups is 1. The van der Waals surface area contributed by atoms with E-state index in [-0.39, 0.29) is 36.4 Å². The van der Waals surface area contributed by atoms with E-state index in [4.69, 9.17) is 0 Å². The van der Waals surface area contributed by atoms with Crippen molar-refractivity contribution in [3.63, 3.8) is 0 Å². The normalized spacial score (nSPS) is 19.3. The van der Waals surface area contributed by atoms with Gasteiger partial charge in [0, 0.05) is 27.2 Å². The van der Waals surface area contributed by atoms with E-state index in [9.17, 15) is 4.79 Å². The quantitative estimate of drug-likeness (QED) is 0.438. The van der Waals surface area contributed by atoms with Gasteiger partial charge < -0.3 is 15.5 Å². The maximum Gasteiger partial charge on any atom is 0.239 e. The van der Waals surface area contributed by atoms with E-state index in [1.807, 2.05) is 0 Å². The molecule has 1 saturated heterocycles. The molecule has 1 aliphatic rings. The molecule has 1 fully saturated rings. The fourth-order valence-electron chi connectivity index (χ4n) is 2.46. The Bertz CT molecular complexity index is 307. The van der Waals surface area contributed by atoms with Crippen LogP contribution in [-0.4, -0.2) is 50.5 Å². The second-order valence-electron chi connectivity index (χ2n) is 5.30. The maximum atomic E-state index is 11.2. The van der Waals surface area contributed by atoms with Crippen molar-refractivity contribution in [3.8, 4) is 0 Å². The first-order valence-electron chi connectivity index (χ1n) is 6.73.